The Morgan fingerprint density at radius 1 is 1.38 bits per heavy atom. The van der Waals surface area contributed by atoms with Crippen molar-refractivity contribution in [2.45, 2.75) is 26.3 Å². The molecule has 0 unspecified atom stereocenters. The van der Waals surface area contributed by atoms with E-state index in [1.165, 1.54) is 0 Å². The highest BCUT2D eigenvalue weighted by Gasteiger charge is 2.03. The largest absolute Gasteiger partial charge is 0.372 e. The number of hydrogen-bond acceptors (Lipinski definition) is 1. The van der Waals surface area contributed by atoms with E-state index < -0.39 is 0 Å². The normalized spacial score (nSPS) is 12.5. The highest BCUT2D eigenvalue weighted by molar-refractivity contribution is 5.54. The van der Waals surface area contributed by atoms with Crippen molar-refractivity contribution in [3.8, 4) is 0 Å². The monoisotopic (exact) mass is 114 g/mol. The van der Waals surface area contributed by atoms with Crippen LogP contribution in [0, 0.1) is 0 Å². The van der Waals surface area contributed by atoms with Crippen molar-refractivity contribution in [3.05, 3.63) is 0 Å². The molecule has 1 N–H and O–H groups in total. The Balaban J connectivity index is 3.39. The molecule has 0 radical (unpaired) electrons. The van der Waals surface area contributed by atoms with Gasteiger partial charge in [0.05, 0.1) is 6.34 Å². The minimum atomic E-state index is 0.152. The Morgan fingerprint density at radius 2 is 1.88 bits per heavy atom. The van der Waals surface area contributed by atoms with Gasteiger partial charge in [-0.3, -0.25) is 4.99 Å². The Morgan fingerprint density at radius 3 is 2.00 bits per heavy atom. The van der Waals surface area contributed by atoms with Crippen LogP contribution >= 0.6 is 0 Å². The summed E-state index contributed by atoms with van der Waals surface area (Å²) in [6, 6.07) is 0. The van der Waals surface area contributed by atoms with Gasteiger partial charge in [-0.05, 0) is 20.8 Å². The maximum absolute atomic E-state index is 3.78. The fraction of sp³-hybridized carbons (Fsp3) is 0.833. The molecular weight excluding hydrogens is 100 g/mol. The van der Waals surface area contributed by atoms with Crippen LogP contribution in [0.3, 0.4) is 0 Å². The van der Waals surface area contributed by atoms with E-state index in [0.717, 1.165) is 0 Å². The van der Waals surface area contributed by atoms with Crippen molar-refractivity contribution < 1.29 is 0 Å². The number of nitrogens with zero attached hydrogens (tertiary/aromatic N) is 1. The maximum atomic E-state index is 3.78. The smallest absolute Gasteiger partial charge is 0.0824 e. The van der Waals surface area contributed by atoms with Crippen LogP contribution in [0.5, 0.6) is 0 Å². The molecule has 48 valence electrons. The number of nitrogens with one attached hydrogen (secondary N) is 1. The average Bonchev–Trinajstić information content (AvgIpc) is 1.59. The van der Waals surface area contributed by atoms with Crippen molar-refractivity contribution in [1.29, 1.82) is 0 Å². The van der Waals surface area contributed by atoms with Crippen LogP contribution in [0.1, 0.15) is 20.8 Å². The quantitative estimate of drug-likeness (QED) is 0.399. The van der Waals surface area contributed by atoms with Crippen molar-refractivity contribution in [2.24, 2.45) is 4.99 Å². The van der Waals surface area contributed by atoms with Crippen molar-refractivity contribution in [3.63, 3.8) is 0 Å². The molecule has 0 atom stereocenters. The van der Waals surface area contributed by atoms with Gasteiger partial charge in [0, 0.05) is 12.6 Å². The predicted octanol–water partition coefficient (Wildman–Crippen LogP) is 1.03. The van der Waals surface area contributed by atoms with E-state index in [9.17, 15) is 0 Å². The lowest BCUT2D eigenvalue weighted by atomic mass is 10.1. The first-order valence-corrected chi connectivity index (χ1v) is 2.74. The maximum Gasteiger partial charge on any atom is 0.0824 e. The zero-order chi connectivity index (χ0) is 6.62. The average molecular weight is 114 g/mol. The molecule has 0 spiro atoms. The fourth-order valence-corrected chi connectivity index (χ4v) is 0.258. The minimum absolute atomic E-state index is 0.152. The lowest BCUT2D eigenvalue weighted by Crippen LogP contribution is -2.34. The molecule has 0 rings (SSSR count). The minimum Gasteiger partial charge on any atom is -0.372 e. The van der Waals surface area contributed by atoms with Crippen LogP contribution in [0.4, 0.5) is 0 Å². The second kappa shape index (κ2) is 2.70. The zero-order valence-corrected chi connectivity index (χ0v) is 6.02. The summed E-state index contributed by atoms with van der Waals surface area (Å²) in [4.78, 5) is 3.78. The summed E-state index contributed by atoms with van der Waals surface area (Å²) in [6.45, 7) is 6.28. The topological polar surface area (TPSA) is 24.4 Å². The summed E-state index contributed by atoms with van der Waals surface area (Å²) in [5.74, 6) is 0. The van der Waals surface area contributed by atoms with Crippen molar-refractivity contribution in [1.82, 2.24) is 5.32 Å². The van der Waals surface area contributed by atoms with Gasteiger partial charge in [-0.1, -0.05) is 0 Å². The summed E-state index contributed by atoms with van der Waals surface area (Å²) in [6.07, 6.45) is 1.71. The lowest BCUT2D eigenvalue weighted by molar-refractivity contribution is 0.517. The van der Waals surface area contributed by atoms with Gasteiger partial charge >= 0.3 is 0 Å². The predicted molar refractivity (Wildman–Crippen MR) is 37.3 cm³/mol. The Hall–Kier alpha value is -0.530. The summed E-state index contributed by atoms with van der Waals surface area (Å²) in [7, 11) is 1.75. The molecule has 0 aliphatic heterocycles. The van der Waals surface area contributed by atoms with E-state index in [4.69, 9.17) is 0 Å². The SMILES string of the molecule is CN=CNC(C)(C)C. The van der Waals surface area contributed by atoms with Crippen LogP contribution in [0.15, 0.2) is 4.99 Å². The Kier molecular flexibility index (Phi) is 2.52. The van der Waals surface area contributed by atoms with E-state index in [1.807, 2.05) is 0 Å². The third-order valence-corrected chi connectivity index (χ3v) is 0.627. The Bertz CT molecular complexity index is 79.0. The molecule has 0 saturated carbocycles. The standard InChI is InChI=1S/C6H14N2/c1-6(2,3)8-5-7-4/h5H,1-4H3,(H,7,8). The molecule has 0 aliphatic rings. The van der Waals surface area contributed by atoms with E-state index in [1.54, 1.807) is 13.4 Å². The van der Waals surface area contributed by atoms with E-state index in [2.05, 4.69) is 31.1 Å². The van der Waals surface area contributed by atoms with Gasteiger partial charge in [-0.25, -0.2) is 0 Å². The van der Waals surface area contributed by atoms with Crippen LogP contribution in [-0.4, -0.2) is 18.9 Å². The van der Waals surface area contributed by atoms with E-state index in [0.29, 0.717) is 0 Å². The third-order valence-electron chi connectivity index (χ3n) is 0.627. The summed E-state index contributed by atoms with van der Waals surface area (Å²) >= 11 is 0. The number of aliphatic imine (C=N–C) groups is 1. The van der Waals surface area contributed by atoms with Crippen molar-refractivity contribution >= 4 is 6.34 Å². The first-order valence-electron chi connectivity index (χ1n) is 2.74. The molecule has 8 heavy (non-hydrogen) atoms. The molecule has 0 aromatic heterocycles. The second-order valence-electron chi connectivity index (χ2n) is 2.78. The first-order chi connectivity index (χ1) is 3.56. The first kappa shape index (κ1) is 7.47. The molecule has 0 aliphatic carbocycles. The summed E-state index contributed by atoms with van der Waals surface area (Å²) in [5, 5.41) is 3.08. The van der Waals surface area contributed by atoms with Gasteiger partial charge in [-0.2, -0.15) is 0 Å². The van der Waals surface area contributed by atoms with Crippen LogP contribution in [0.2, 0.25) is 0 Å². The highest BCUT2D eigenvalue weighted by atomic mass is 15.0. The molecule has 0 aromatic rings. The molecule has 0 fully saturated rings. The highest BCUT2D eigenvalue weighted by Crippen LogP contribution is 1.94. The molecule has 2 nitrogen and oxygen atoms in total. The molecule has 0 aromatic carbocycles. The Labute approximate surface area is 51.0 Å². The summed E-state index contributed by atoms with van der Waals surface area (Å²) in [5.41, 5.74) is 0.152. The van der Waals surface area contributed by atoms with Gasteiger partial charge < -0.3 is 5.32 Å². The van der Waals surface area contributed by atoms with E-state index >= 15 is 0 Å². The number of rotatable bonds is 1. The van der Waals surface area contributed by atoms with Gasteiger partial charge in [-0.15, -0.1) is 0 Å². The number of hydrogen-bond donors (Lipinski definition) is 1. The van der Waals surface area contributed by atoms with Gasteiger partial charge in [0.15, 0.2) is 0 Å². The van der Waals surface area contributed by atoms with Crippen LogP contribution < -0.4 is 5.32 Å². The van der Waals surface area contributed by atoms with Crippen molar-refractivity contribution in [2.75, 3.05) is 7.05 Å². The molecule has 0 heterocycles. The molecule has 2 heteroatoms. The van der Waals surface area contributed by atoms with Crippen LogP contribution in [-0.2, 0) is 0 Å². The molecule has 0 amide bonds. The van der Waals surface area contributed by atoms with E-state index in [-0.39, 0.29) is 5.54 Å². The van der Waals surface area contributed by atoms with Gasteiger partial charge in [0.2, 0.25) is 0 Å². The van der Waals surface area contributed by atoms with Gasteiger partial charge in [0.25, 0.3) is 0 Å². The molecule has 0 saturated heterocycles. The second-order valence-corrected chi connectivity index (χ2v) is 2.78. The third kappa shape index (κ3) is 5.47. The lowest BCUT2D eigenvalue weighted by Gasteiger charge is -2.17. The molecule has 0 bridgehead atoms. The summed E-state index contributed by atoms with van der Waals surface area (Å²) < 4.78 is 0. The van der Waals surface area contributed by atoms with Gasteiger partial charge in [0.1, 0.15) is 0 Å². The molecular formula is C6H14N2. The van der Waals surface area contributed by atoms with Crippen LogP contribution in [0.25, 0.3) is 0 Å². The zero-order valence-electron chi connectivity index (χ0n) is 6.02. The fourth-order valence-electron chi connectivity index (χ4n) is 0.258.